The van der Waals surface area contributed by atoms with Gasteiger partial charge in [-0.05, 0) is 140 Å². The van der Waals surface area contributed by atoms with E-state index in [1.165, 1.54) is 47.9 Å². The van der Waals surface area contributed by atoms with E-state index in [9.17, 15) is 0 Å². The van der Waals surface area contributed by atoms with Gasteiger partial charge in [-0.3, -0.25) is 0 Å². The van der Waals surface area contributed by atoms with Crippen molar-refractivity contribution < 1.29 is 0 Å². The molecular formula is C84H59BN4Si. The summed E-state index contributed by atoms with van der Waals surface area (Å²) in [5, 5.41) is 7.82. The van der Waals surface area contributed by atoms with Gasteiger partial charge in [-0.15, -0.1) is 0 Å². The van der Waals surface area contributed by atoms with Crippen LogP contribution in [0, 0.1) is 0 Å². The molecule has 6 heteroatoms. The Bertz CT molecular complexity index is 4900. The quantitative estimate of drug-likeness (QED) is 0.113. The minimum absolute atomic E-state index is 0.201. The standard InChI is InChI=1S/C84H59BN4Si/c1-9-30-60(31-10-1)71-48-29-49-72(61-32-11-2-12-33-61)84(71)89-79-56-66(86(62-34-13-3-14-35-62)63-36-15-4-16-37-63)52-54-75(79)85-76-55-53-67(87(64-38-17-5-18-39-64)65-40-19-6-20-41-65)58-81(76)90(69-42-21-7-22-43-69,70-44-23-8-24-45-70)82-59-68(57-80(89)83(82)85)88-77-50-27-25-46-73(77)74-47-26-28-51-78(74)88/h1-59H. The molecule has 0 saturated carbocycles. The minimum atomic E-state index is -3.49. The van der Waals surface area contributed by atoms with Crippen LogP contribution in [0.1, 0.15) is 0 Å². The molecule has 0 spiro atoms. The number of para-hydroxylation sites is 7. The number of rotatable bonds is 12. The molecule has 422 valence electrons. The van der Waals surface area contributed by atoms with E-state index >= 15 is 0 Å². The predicted octanol–water partition coefficient (Wildman–Crippen LogP) is 17.0. The topological polar surface area (TPSA) is 14.7 Å². The van der Waals surface area contributed by atoms with Crippen LogP contribution in [0.5, 0.6) is 0 Å². The summed E-state index contributed by atoms with van der Waals surface area (Å²) >= 11 is 0. The lowest BCUT2D eigenvalue weighted by molar-refractivity contribution is 1.17. The number of benzene rings is 14. The van der Waals surface area contributed by atoms with E-state index in [-0.39, 0.29) is 6.71 Å². The summed E-state index contributed by atoms with van der Waals surface area (Å²) in [6, 6.07) is 134. The maximum Gasteiger partial charge on any atom is 0.246 e. The Balaban J connectivity index is 1.08. The molecule has 0 aliphatic carbocycles. The molecule has 3 heterocycles. The highest BCUT2D eigenvalue weighted by Crippen LogP contribution is 2.50. The molecule has 0 fully saturated rings. The molecule has 17 rings (SSSR count). The fourth-order valence-electron chi connectivity index (χ4n) is 15.0. The largest absolute Gasteiger partial charge is 0.311 e. The van der Waals surface area contributed by atoms with Crippen molar-refractivity contribution in [1.82, 2.24) is 4.57 Å². The van der Waals surface area contributed by atoms with Crippen LogP contribution in [-0.4, -0.2) is 19.4 Å². The van der Waals surface area contributed by atoms with Crippen LogP contribution in [0.15, 0.2) is 358 Å². The van der Waals surface area contributed by atoms with Crippen LogP contribution in [0.2, 0.25) is 0 Å². The lowest BCUT2D eigenvalue weighted by Gasteiger charge is -2.48. The molecule has 0 amide bonds. The average Bonchev–Trinajstić information content (AvgIpc) is 0.684. The average molecular weight is 1160 g/mol. The van der Waals surface area contributed by atoms with E-state index in [4.69, 9.17) is 0 Å². The maximum absolute atomic E-state index is 3.49. The summed E-state index contributed by atoms with van der Waals surface area (Å²) in [5.41, 5.74) is 21.8. The van der Waals surface area contributed by atoms with Gasteiger partial charge >= 0.3 is 0 Å². The fourth-order valence-corrected chi connectivity index (χ4v) is 20.3. The lowest BCUT2D eigenvalue weighted by Crippen LogP contribution is -2.87. The van der Waals surface area contributed by atoms with Gasteiger partial charge in [0.05, 0.1) is 16.7 Å². The summed E-state index contributed by atoms with van der Waals surface area (Å²) in [4.78, 5) is 7.56. The number of aromatic nitrogens is 1. The highest BCUT2D eigenvalue weighted by Gasteiger charge is 2.54. The molecule has 14 aromatic carbocycles. The molecular weight excluding hydrogens is 1100 g/mol. The van der Waals surface area contributed by atoms with E-state index in [2.05, 4.69) is 377 Å². The van der Waals surface area contributed by atoms with Gasteiger partial charge in [-0.25, -0.2) is 0 Å². The van der Waals surface area contributed by atoms with Gasteiger partial charge in [0.25, 0.3) is 0 Å². The fraction of sp³-hybridized carbons (Fsp3) is 0. The minimum Gasteiger partial charge on any atom is -0.311 e. The van der Waals surface area contributed by atoms with E-state index in [1.807, 2.05) is 0 Å². The third kappa shape index (κ3) is 8.52. The van der Waals surface area contributed by atoms with Crippen molar-refractivity contribution in [2.75, 3.05) is 14.7 Å². The van der Waals surface area contributed by atoms with Crippen molar-refractivity contribution in [1.29, 1.82) is 0 Å². The first kappa shape index (κ1) is 52.9. The van der Waals surface area contributed by atoms with Gasteiger partial charge in [0.1, 0.15) is 0 Å². The first-order valence-corrected chi connectivity index (χ1v) is 33.1. The van der Waals surface area contributed by atoms with Crippen LogP contribution >= 0.6 is 0 Å². The van der Waals surface area contributed by atoms with Gasteiger partial charge in [0.2, 0.25) is 6.71 Å². The van der Waals surface area contributed by atoms with Crippen molar-refractivity contribution in [3.63, 3.8) is 0 Å². The maximum atomic E-state index is 2.70. The Morgan fingerprint density at radius 3 is 1.16 bits per heavy atom. The van der Waals surface area contributed by atoms with Crippen LogP contribution in [-0.2, 0) is 0 Å². The summed E-state index contributed by atoms with van der Waals surface area (Å²) in [6.07, 6.45) is 0. The molecule has 90 heavy (non-hydrogen) atoms. The molecule has 0 unspecified atom stereocenters. The summed E-state index contributed by atoms with van der Waals surface area (Å²) in [5.74, 6) is 0. The zero-order chi connectivity index (χ0) is 59.5. The number of hydrogen-bond donors (Lipinski definition) is 0. The van der Waals surface area contributed by atoms with Gasteiger partial charge in [-0.2, -0.15) is 0 Å². The molecule has 2 aliphatic rings. The monoisotopic (exact) mass is 1160 g/mol. The van der Waals surface area contributed by atoms with E-state index in [1.54, 1.807) is 0 Å². The molecule has 15 aromatic rings. The Hall–Kier alpha value is -11.4. The Morgan fingerprint density at radius 1 is 0.289 bits per heavy atom. The third-order valence-electron chi connectivity index (χ3n) is 18.6. The first-order chi connectivity index (χ1) is 44.7. The smallest absolute Gasteiger partial charge is 0.246 e. The lowest BCUT2D eigenvalue weighted by atomic mass is 9.34. The van der Waals surface area contributed by atoms with Crippen molar-refractivity contribution in [3.8, 4) is 27.9 Å². The summed E-state index contributed by atoms with van der Waals surface area (Å²) in [7, 11) is -3.49. The second kappa shape index (κ2) is 22.1. The van der Waals surface area contributed by atoms with Crippen molar-refractivity contribution in [2.24, 2.45) is 0 Å². The molecule has 0 saturated heterocycles. The molecule has 2 aliphatic heterocycles. The number of hydrogen-bond acceptors (Lipinski definition) is 3. The molecule has 0 bridgehead atoms. The number of anilines is 9. The van der Waals surface area contributed by atoms with Crippen LogP contribution < -0.4 is 51.8 Å². The zero-order valence-electron chi connectivity index (χ0n) is 49.4. The Labute approximate surface area is 526 Å². The van der Waals surface area contributed by atoms with Gasteiger partial charge in [0.15, 0.2) is 8.07 Å². The molecule has 0 N–H and O–H groups in total. The molecule has 0 radical (unpaired) electrons. The first-order valence-electron chi connectivity index (χ1n) is 31.1. The highest BCUT2D eigenvalue weighted by molar-refractivity contribution is 7.26. The van der Waals surface area contributed by atoms with E-state index < -0.39 is 8.07 Å². The van der Waals surface area contributed by atoms with Crippen molar-refractivity contribution >= 4 is 125 Å². The molecule has 1 aromatic heterocycles. The zero-order valence-corrected chi connectivity index (χ0v) is 50.4. The van der Waals surface area contributed by atoms with E-state index in [0.717, 1.165) is 90.2 Å². The number of nitrogens with zero attached hydrogens (tertiary/aromatic N) is 4. The van der Waals surface area contributed by atoms with Gasteiger partial charge in [-0.1, -0.05) is 266 Å². The SMILES string of the molecule is c1ccc(-c2cccc(-c3ccccc3)c2N2c3cc(N(c4ccccc4)c4ccccc4)ccc3B3c4ccc(N(c5ccccc5)c5ccccc5)cc4[Si](c4ccccc4)(c4ccccc4)c4cc(-n5c6ccccc6c6ccccc65)cc2c43)cc1. The molecule has 4 nitrogen and oxygen atoms in total. The third-order valence-corrected chi connectivity index (χ3v) is 23.5. The second-order valence-corrected chi connectivity index (χ2v) is 27.2. The normalized spacial score (nSPS) is 12.7. The van der Waals surface area contributed by atoms with Gasteiger partial charge in [0, 0.05) is 73.1 Å². The van der Waals surface area contributed by atoms with Crippen LogP contribution in [0.25, 0.3) is 49.7 Å². The Morgan fingerprint density at radius 2 is 0.689 bits per heavy atom. The van der Waals surface area contributed by atoms with E-state index in [0.29, 0.717) is 0 Å². The van der Waals surface area contributed by atoms with Crippen LogP contribution in [0.4, 0.5) is 51.2 Å². The predicted molar refractivity (Wildman–Crippen MR) is 384 cm³/mol. The summed E-state index contributed by atoms with van der Waals surface area (Å²) < 4.78 is 2.56. The van der Waals surface area contributed by atoms with Crippen LogP contribution in [0.3, 0.4) is 0 Å². The Kier molecular flexibility index (Phi) is 13.0. The molecule has 0 atom stereocenters. The summed E-state index contributed by atoms with van der Waals surface area (Å²) in [6.45, 7) is -0.201. The number of fused-ring (bicyclic) bond motifs is 7. The highest BCUT2D eigenvalue weighted by atomic mass is 28.3. The van der Waals surface area contributed by atoms with Crippen molar-refractivity contribution in [2.45, 2.75) is 0 Å². The van der Waals surface area contributed by atoms with Crippen molar-refractivity contribution in [3.05, 3.63) is 358 Å². The second-order valence-electron chi connectivity index (χ2n) is 23.5. The van der Waals surface area contributed by atoms with Gasteiger partial charge < -0.3 is 19.3 Å².